The Morgan fingerprint density at radius 1 is 1.34 bits per heavy atom. The van der Waals surface area contributed by atoms with E-state index in [-0.39, 0.29) is 26.4 Å². The summed E-state index contributed by atoms with van der Waals surface area (Å²) in [5.41, 5.74) is -3.99. The molecule has 0 aromatic carbocycles. The predicted molar refractivity (Wildman–Crippen MR) is 95.1 cm³/mol. The van der Waals surface area contributed by atoms with Crippen LogP contribution in [0.25, 0.3) is 0 Å². The molecule has 162 valence electrons. The number of ether oxygens (including phenoxy) is 4. The third-order valence-electron chi connectivity index (χ3n) is 4.12. The Bertz CT molecular complexity index is 839. The highest BCUT2D eigenvalue weighted by Gasteiger charge is 2.40. The molecule has 0 unspecified atom stereocenters. The second-order valence-corrected chi connectivity index (χ2v) is 6.30. The van der Waals surface area contributed by atoms with E-state index in [0.29, 0.717) is 10.8 Å². The van der Waals surface area contributed by atoms with Gasteiger partial charge in [-0.3, -0.25) is 14.3 Å². The number of halogens is 3. The lowest BCUT2D eigenvalue weighted by Crippen LogP contribution is -2.36. The molecule has 3 atom stereocenters. The van der Waals surface area contributed by atoms with E-state index in [2.05, 4.69) is 11.8 Å². The van der Waals surface area contributed by atoms with E-state index < -0.39 is 41.4 Å². The Morgan fingerprint density at radius 2 is 2.10 bits per heavy atom. The molecule has 1 N–H and O–H groups in total. The molecule has 2 heterocycles. The van der Waals surface area contributed by atoms with Gasteiger partial charge in [-0.25, -0.2) is 4.79 Å². The second kappa shape index (κ2) is 10.6. The minimum atomic E-state index is -4.91. The summed E-state index contributed by atoms with van der Waals surface area (Å²) in [6.45, 7) is 2.13. The highest BCUT2D eigenvalue weighted by Crippen LogP contribution is 2.32. The van der Waals surface area contributed by atoms with Crippen LogP contribution in [0.5, 0.6) is 0 Å². The maximum Gasteiger partial charge on any atom is 0.423 e. The average Bonchev–Trinajstić information content (AvgIpc) is 3.03. The van der Waals surface area contributed by atoms with Crippen molar-refractivity contribution in [3.8, 4) is 11.8 Å². The molecule has 1 fully saturated rings. The van der Waals surface area contributed by atoms with Crippen LogP contribution in [0.3, 0.4) is 0 Å². The Hall–Kier alpha value is -2.13. The van der Waals surface area contributed by atoms with E-state index >= 15 is 0 Å². The third kappa shape index (κ3) is 6.43. The number of hydrogen-bond donors (Lipinski definition) is 1. The number of hydrogen-bond acceptors (Lipinski definition) is 6. The van der Waals surface area contributed by atoms with E-state index in [1.807, 2.05) is 6.92 Å². The molecule has 0 spiro atoms. The number of aromatic amines is 1. The first-order valence-corrected chi connectivity index (χ1v) is 9.00. The summed E-state index contributed by atoms with van der Waals surface area (Å²) >= 11 is 0. The molecular formula is C18H23F3N2O6. The van der Waals surface area contributed by atoms with E-state index in [4.69, 9.17) is 18.9 Å². The second-order valence-electron chi connectivity index (χ2n) is 6.30. The molecule has 1 aromatic heterocycles. The summed E-state index contributed by atoms with van der Waals surface area (Å²) < 4.78 is 61.2. The number of rotatable bonds is 8. The molecule has 29 heavy (non-hydrogen) atoms. The molecule has 1 saturated heterocycles. The zero-order valence-corrected chi connectivity index (χ0v) is 16.1. The largest absolute Gasteiger partial charge is 0.423 e. The molecule has 8 nitrogen and oxygen atoms in total. The molecule has 1 aromatic rings. The summed E-state index contributed by atoms with van der Waals surface area (Å²) in [5.74, 6) is 5.77. The summed E-state index contributed by atoms with van der Waals surface area (Å²) in [4.78, 5) is 25.2. The Morgan fingerprint density at radius 3 is 2.76 bits per heavy atom. The topological polar surface area (TPSA) is 91.8 Å². The lowest BCUT2D eigenvalue weighted by Gasteiger charge is -2.18. The number of methoxy groups -OCH3 is 1. The number of H-pyrrole nitrogens is 1. The molecule has 1 aliphatic rings. The quantitative estimate of drug-likeness (QED) is 0.391. The molecule has 0 bridgehead atoms. The van der Waals surface area contributed by atoms with Crippen LogP contribution in [0.15, 0.2) is 15.8 Å². The van der Waals surface area contributed by atoms with Crippen molar-refractivity contribution >= 4 is 0 Å². The number of nitrogens with zero attached hydrogens (tertiary/aromatic N) is 1. The molecule has 0 radical (unpaired) electrons. The number of unbranched alkanes of at least 4 members (excludes halogenated alkanes) is 1. The van der Waals surface area contributed by atoms with Crippen LogP contribution in [0.4, 0.5) is 13.2 Å². The van der Waals surface area contributed by atoms with Crippen LogP contribution in [0.2, 0.25) is 0 Å². The lowest BCUT2D eigenvalue weighted by atomic mass is 10.2. The van der Waals surface area contributed by atoms with Gasteiger partial charge in [0.25, 0.3) is 5.56 Å². The van der Waals surface area contributed by atoms with Crippen molar-refractivity contribution < 1.29 is 32.1 Å². The van der Waals surface area contributed by atoms with Crippen molar-refractivity contribution in [3.63, 3.8) is 0 Å². The number of nitrogens with one attached hydrogen (secondary N) is 1. The zero-order chi connectivity index (χ0) is 21.4. The maximum atomic E-state index is 13.0. The smallest absolute Gasteiger partial charge is 0.363 e. The van der Waals surface area contributed by atoms with Gasteiger partial charge in [0.2, 0.25) is 0 Å². The molecule has 11 heteroatoms. The number of alkyl halides is 3. The van der Waals surface area contributed by atoms with Crippen LogP contribution >= 0.6 is 0 Å². The minimum Gasteiger partial charge on any atom is -0.363 e. The molecular weight excluding hydrogens is 397 g/mol. The van der Waals surface area contributed by atoms with Gasteiger partial charge in [-0.05, 0) is 6.42 Å². The van der Waals surface area contributed by atoms with E-state index in [0.717, 1.165) is 12.8 Å². The molecule has 0 aliphatic carbocycles. The van der Waals surface area contributed by atoms with Crippen molar-refractivity contribution in [1.29, 1.82) is 0 Å². The predicted octanol–water partition coefficient (Wildman–Crippen LogP) is 1.65. The Balaban J connectivity index is 2.20. The van der Waals surface area contributed by atoms with E-state index in [1.165, 1.54) is 7.11 Å². The molecule has 0 saturated carbocycles. The normalized spacial score (nSPS) is 21.8. The van der Waals surface area contributed by atoms with Crippen LogP contribution < -0.4 is 11.2 Å². The fraction of sp³-hybridized carbons (Fsp3) is 0.667. The van der Waals surface area contributed by atoms with Crippen molar-refractivity contribution in [3.05, 3.63) is 32.6 Å². The van der Waals surface area contributed by atoms with Gasteiger partial charge in [-0.1, -0.05) is 12.8 Å². The van der Waals surface area contributed by atoms with Crippen LogP contribution in [0.1, 0.15) is 38.0 Å². The summed E-state index contributed by atoms with van der Waals surface area (Å²) in [5, 5.41) is 0. The van der Waals surface area contributed by atoms with Gasteiger partial charge < -0.3 is 18.9 Å². The first-order chi connectivity index (χ1) is 13.8. The SMILES string of the molecule is CCCC#CCO[C@H]1C[C@H](n2cc(C(F)(F)F)c(=O)[nH]c2=O)O[C@@H]1COCOC. The summed E-state index contributed by atoms with van der Waals surface area (Å²) in [7, 11) is 1.44. The van der Waals surface area contributed by atoms with Crippen molar-refractivity contribution in [2.75, 3.05) is 27.1 Å². The first kappa shape index (κ1) is 23.2. The zero-order valence-electron chi connectivity index (χ0n) is 16.1. The monoisotopic (exact) mass is 420 g/mol. The maximum absolute atomic E-state index is 13.0. The highest BCUT2D eigenvalue weighted by molar-refractivity contribution is 5.09. The Labute approximate surface area is 164 Å². The fourth-order valence-electron chi connectivity index (χ4n) is 2.76. The minimum absolute atomic E-state index is 0.00954. The Kier molecular flexibility index (Phi) is 8.45. The standard InChI is InChI=1S/C18H23F3N2O6/c1-3-4-5-6-7-28-13-8-15(29-14(13)10-27-11-26-2)23-9-12(18(19,20)21)16(24)22-17(23)25/h9,13-15H,3-4,7-8,10-11H2,1-2H3,(H,22,24,25)/t13-,14+,15+/m0/s1. The number of aromatic nitrogens is 2. The summed E-state index contributed by atoms with van der Waals surface area (Å²) in [6, 6.07) is 0. The van der Waals surface area contributed by atoms with Gasteiger partial charge in [0, 0.05) is 26.1 Å². The van der Waals surface area contributed by atoms with Gasteiger partial charge in [-0.2, -0.15) is 13.2 Å². The summed E-state index contributed by atoms with van der Waals surface area (Å²) in [6.07, 6.45) is -5.02. The van der Waals surface area contributed by atoms with Gasteiger partial charge in [-0.15, -0.1) is 5.92 Å². The van der Waals surface area contributed by atoms with Crippen molar-refractivity contribution in [2.24, 2.45) is 0 Å². The molecule has 0 amide bonds. The third-order valence-corrected chi connectivity index (χ3v) is 4.12. The van der Waals surface area contributed by atoms with Crippen molar-refractivity contribution in [1.82, 2.24) is 9.55 Å². The van der Waals surface area contributed by atoms with E-state index in [1.54, 1.807) is 4.98 Å². The molecule has 2 rings (SSSR count). The lowest BCUT2D eigenvalue weighted by molar-refractivity contribution is -0.140. The van der Waals surface area contributed by atoms with Gasteiger partial charge in [0.15, 0.2) is 0 Å². The first-order valence-electron chi connectivity index (χ1n) is 9.00. The van der Waals surface area contributed by atoms with Gasteiger partial charge >= 0.3 is 11.9 Å². The fourth-order valence-corrected chi connectivity index (χ4v) is 2.76. The van der Waals surface area contributed by atoms with Crippen LogP contribution in [-0.4, -0.2) is 48.9 Å². The highest BCUT2D eigenvalue weighted by atomic mass is 19.4. The molecule has 1 aliphatic heterocycles. The van der Waals surface area contributed by atoms with Gasteiger partial charge in [0.1, 0.15) is 31.3 Å². The average molecular weight is 420 g/mol. The van der Waals surface area contributed by atoms with Crippen molar-refractivity contribution in [2.45, 2.75) is 50.8 Å². The van der Waals surface area contributed by atoms with E-state index in [9.17, 15) is 22.8 Å². The van der Waals surface area contributed by atoms with Crippen LogP contribution in [-0.2, 0) is 25.1 Å². The van der Waals surface area contributed by atoms with Crippen LogP contribution in [0, 0.1) is 11.8 Å². The van der Waals surface area contributed by atoms with Gasteiger partial charge in [0.05, 0.1) is 12.7 Å².